The van der Waals surface area contributed by atoms with Crippen molar-refractivity contribution < 1.29 is 9.53 Å². The van der Waals surface area contributed by atoms with E-state index in [0.29, 0.717) is 19.8 Å². The molecule has 0 bridgehead atoms. The molecule has 1 fully saturated rings. The third kappa shape index (κ3) is 4.28. The van der Waals surface area contributed by atoms with Gasteiger partial charge >= 0.3 is 6.03 Å². The second-order valence-electron chi connectivity index (χ2n) is 4.24. The molecule has 19 heavy (non-hydrogen) atoms. The molecule has 2 rings (SSSR count). The van der Waals surface area contributed by atoms with E-state index in [1.807, 2.05) is 24.3 Å². The Morgan fingerprint density at radius 1 is 1.42 bits per heavy atom. The number of carbonyl (C=O) groups is 1. The number of nitrogens with two attached hydrogens (primary N) is 1. The standard InChI is InChI=1S/C14H17N3O2/c15-8-1-2-11-3-5-12(6-4-11)16-14(18)17-13-7-9-19-10-13/h3-6,13H,7-10,15H2,(H2,16,17,18). The van der Waals surface area contributed by atoms with E-state index in [1.165, 1.54) is 0 Å². The predicted octanol–water partition coefficient (Wildman–Crippen LogP) is 0.907. The van der Waals surface area contributed by atoms with Gasteiger partial charge in [-0.25, -0.2) is 4.79 Å². The number of amides is 2. The Hall–Kier alpha value is -2.03. The normalized spacial score (nSPS) is 17.4. The van der Waals surface area contributed by atoms with Crippen molar-refractivity contribution >= 4 is 11.7 Å². The molecule has 1 saturated heterocycles. The van der Waals surface area contributed by atoms with Crippen LogP contribution in [0, 0.1) is 11.8 Å². The molecule has 1 unspecified atom stereocenters. The minimum absolute atomic E-state index is 0.106. The maximum atomic E-state index is 11.7. The summed E-state index contributed by atoms with van der Waals surface area (Å²) in [5.41, 5.74) is 6.91. The van der Waals surface area contributed by atoms with Gasteiger partial charge in [-0.2, -0.15) is 0 Å². The van der Waals surface area contributed by atoms with E-state index in [4.69, 9.17) is 10.5 Å². The van der Waals surface area contributed by atoms with Crippen LogP contribution in [0.2, 0.25) is 0 Å². The van der Waals surface area contributed by atoms with Crippen molar-refractivity contribution in [2.24, 2.45) is 5.73 Å². The molecule has 0 aromatic heterocycles. The largest absolute Gasteiger partial charge is 0.379 e. The molecule has 1 aromatic rings. The van der Waals surface area contributed by atoms with Crippen LogP contribution in [0.5, 0.6) is 0 Å². The fourth-order valence-electron chi connectivity index (χ4n) is 1.79. The number of carbonyl (C=O) groups excluding carboxylic acids is 1. The maximum absolute atomic E-state index is 11.7. The van der Waals surface area contributed by atoms with Gasteiger partial charge in [-0.1, -0.05) is 11.8 Å². The highest BCUT2D eigenvalue weighted by atomic mass is 16.5. The van der Waals surface area contributed by atoms with Gasteiger partial charge in [0.1, 0.15) is 0 Å². The van der Waals surface area contributed by atoms with Crippen molar-refractivity contribution in [2.75, 3.05) is 25.1 Å². The van der Waals surface area contributed by atoms with Crippen LogP contribution in [0.4, 0.5) is 10.5 Å². The summed E-state index contributed by atoms with van der Waals surface area (Å²) in [5.74, 6) is 5.70. The summed E-state index contributed by atoms with van der Waals surface area (Å²) in [6.07, 6.45) is 0.862. The van der Waals surface area contributed by atoms with Crippen LogP contribution in [-0.2, 0) is 4.74 Å². The molecule has 5 nitrogen and oxygen atoms in total. The number of urea groups is 1. The molecule has 1 heterocycles. The van der Waals surface area contributed by atoms with Gasteiger partial charge in [0.05, 0.1) is 19.2 Å². The molecule has 1 aliphatic heterocycles. The monoisotopic (exact) mass is 259 g/mol. The van der Waals surface area contributed by atoms with E-state index in [-0.39, 0.29) is 12.1 Å². The van der Waals surface area contributed by atoms with Gasteiger partial charge in [0.2, 0.25) is 0 Å². The number of nitrogens with one attached hydrogen (secondary N) is 2. The van der Waals surface area contributed by atoms with E-state index in [9.17, 15) is 4.79 Å². The van der Waals surface area contributed by atoms with E-state index in [0.717, 1.165) is 17.7 Å². The van der Waals surface area contributed by atoms with Crippen molar-refractivity contribution in [3.8, 4) is 11.8 Å². The van der Waals surface area contributed by atoms with E-state index in [1.54, 1.807) is 0 Å². The molecule has 1 atom stereocenters. The highest BCUT2D eigenvalue weighted by Gasteiger charge is 2.17. The Morgan fingerprint density at radius 2 is 2.21 bits per heavy atom. The lowest BCUT2D eigenvalue weighted by Crippen LogP contribution is -2.38. The van der Waals surface area contributed by atoms with E-state index >= 15 is 0 Å². The van der Waals surface area contributed by atoms with E-state index < -0.39 is 0 Å². The average Bonchev–Trinajstić information content (AvgIpc) is 2.90. The Morgan fingerprint density at radius 3 is 2.84 bits per heavy atom. The highest BCUT2D eigenvalue weighted by Crippen LogP contribution is 2.09. The Labute approximate surface area is 112 Å². The molecule has 100 valence electrons. The number of hydrogen-bond acceptors (Lipinski definition) is 3. The van der Waals surface area contributed by atoms with Crippen LogP contribution >= 0.6 is 0 Å². The van der Waals surface area contributed by atoms with Gasteiger partial charge in [-0.05, 0) is 30.7 Å². The number of rotatable bonds is 2. The van der Waals surface area contributed by atoms with Crippen LogP contribution in [-0.4, -0.2) is 31.8 Å². The van der Waals surface area contributed by atoms with Crippen LogP contribution < -0.4 is 16.4 Å². The summed E-state index contributed by atoms with van der Waals surface area (Å²) in [6.45, 7) is 1.63. The quantitative estimate of drug-likeness (QED) is 0.691. The zero-order valence-electron chi connectivity index (χ0n) is 10.6. The third-order valence-electron chi connectivity index (χ3n) is 2.74. The lowest BCUT2D eigenvalue weighted by atomic mass is 10.2. The summed E-state index contributed by atoms with van der Waals surface area (Å²) in [7, 11) is 0. The molecule has 0 saturated carbocycles. The molecular formula is C14H17N3O2. The van der Waals surface area contributed by atoms with Crippen LogP contribution in [0.3, 0.4) is 0 Å². The van der Waals surface area contributed by atoms with Crippen molar-refractivity contribution in [3.05, 3.63) is 29.8 Å². The molecule has 0 spiro atoms. The Balaban J connectivity index is 1.86. The minimum Gasteiger partial charge on any atom is -0.379 e. The van der Waals surface area contributed by atoms with Gasteiger partial charge in [0, 0.05) is 17.9 Å². The number of ether oxygens (including phenoxy) is 1. The minimum atomic E-state index is -0.212. The first-order chi connectivity index (χ1) is 9.28. The Kier molecular flexibility index (Phi) is 4.78. The van der Waals surface area contributed by atoms with Gasteiger partial charge in [-0.15, -0.1) is 0 Å². The van der Waals surface area contributed by atoms with Crippen molar-refractivity contribution in [1.29, 1.82) is 0 Å². The summed E-state index contributed by atoms with van der Waals surface area (Å²) in [5, 5.41) is 5.63. The summed E-state index contributed by atoms with van der Waals surface area (Å²) < 4.78 is 5.19. The SMILES string of the molecule is NCC#Cc1ccc(NC(=O)NC2CCOC2)cc1. The zero-order chi connectivity index (χ0) is 13.5. The second kappa shape index (κ2) is 6.78. The molecule has 5 heteroatoms. The molecule has 4 N–H and O–H groups in total. The molecule has 1 aromatic carbocycles. The number of benzene rings is 1. The van der Waals surface area contributed by atoms with Crippen molar-refractivity contribution in [2.45, 2.75) is 12.5 Å². The summed E-state index contributed by atoms with van der Waals surface area (Å²) in [6, 6.07) is 7.20. The second-order valence-corrected chi connectivity index (χ2v) is 4.24. The van der Waals surface area contributed by atoms with Crippen LogP contribution in [0.15, 0.2) is 24.3 Å². The number of anilines is 1. The van der Waals surface area contributed by atoms with Crippen LogP contribution in [0.1, 0.15) is 12.0 Å². The first-order valence-corrected chi connectivity index (χ1v) is 6.22. The van der Waals surface area contributed by atoms with Gasteiger partial charge in [-0.3, -0.25) is 0 Å². The Bertz CT molecular complexity index is 482. The summed E-state index contributed by atoms with van der Waals surface area (Å²) in [4.78, 5) is 11.7. The highest BCUT2D eigenvalue weighted by molar-refractivity contribution is 5.89. The van der Waals surface area contributed by atoms with Crippen molar-refractivity contribution in [1.82, 2.24) is 5.32 Å². The fraction of sp³-hybridized carbons (Fsp3) is 0.357. The van der Waals surface area contributed by atoms with E-state index in [2.05, 4.69) is 22.5 Å². The molecule has 0 aliphatic carbocycles. The lowest BCUT2D eigenvalue weighted by Gasteiger charge is -2.11. The van der Waals surface area contributed by atoms with Gasteiger partial charge in [0.25, 0.3) is 0 Å². The number of hydrogen-bond donors (Lipinski definition) is 3. The first-order valence-electron chi connectivity index (χ1n) is 6.22. The average molecular weight is 259 g/mol. The lowest BCUT2D eigenvalue weighted by molar-refractivity contribution is 0.189. The van der Waals surface area contributed by atoms with Gasteiger partial charge < -0.3 is 21.1 Å². The zero-order valence-corrected chi connectivity index (χ0v) is 10.6. The van der Waals surface area contributed by atoms with Gasteiger partial charge in [0.15, 0.2) is 0 Å². The molecule has 2 amide bonds. The molecule has 0 radical (unpaired) electrons. The fourth-order valence-corrected chi connectivity index (χ4v) is 1.79. The van der Waals surface area contributed by atoms with Crippen molar-refractivity contribution in [3.63, 3.8) is 0 Å². The third-order valence-corrected chi connectivity index (χ3v) is 2.74. The molecular weight excluding hydrogens is 242 g/mol. The predicted molar refractivity (Wildman–Crippen MR) is 73.8 cm³/mol. The summed E-state index contributed by atoms with van der Waals surface area (Å²) >= 11 is 0. The molecule has 1 aliphatic rings. The van der Waals surface area contributed by atoms with Crippen LogP contribution in [0.25, 0.3) is 0 Å². The first kappa shape index (κ1) is 13.4. The topological polar surface area (TPSA) is 76.4 Å². The smallest absolute Gasteiger partial charge is 0.319 e. The maximum Gasteiger partial charge on any atom is 0.319 e.